The van der Waals surface area contributed by atoms with Crippen molar-refractivity contribution in [2.24, 2.45) is 17.8 Å². The van der Waals surface area contributed by atoms with Gasteiger partial charge in [-0.2, -0.15) is 0 Å². The fourth-order valence-corrected chi connectivity index (χ4v) is 4.83. The lowest BCUT2D eigenvalue weighted by molar-refractivity contribution is -0.126. The molecule has 0 aliphatic carbocycles. The van der Waals surface area contributed by atoms with E-state index in [2.05, 4.69) is 29.0 Å². The minimum Gasteiger partial charge on any atom is -0.356 e. The van der Waals surface area contributed by atoms with Crippen LogP contribution in [0.4, 0.5) is 4.39 Å². The van der Waals surface area contributed by atoms with Crippen LogP contribution in [0.15, 0.2) is 24.3 Å². The largest absolute Gasteiger partial charge is 0.356 e. The van der Waals surface area contributed by atoms with Crippen molar-refractivity contribution in [3.63, 3.8) is 0 Å². The molecule has 3 rings (SSSR count). The average molecular weight is 390 g/mol. The summed E-state index contributed by atoms with van der Waals surface area (Å²) in [4.78, 5) is 17.4. The van der Waals surface area contributed by atoms with Crippen molar-refractivity contribution in [3.05, 3.63) is 35.6 Å². The van der Waals surface area contributed by atoms with Gasteiger partial charge in [0.2, 0.25) is 5.91 Å². The van der Waals surface area contributed by atoms with Gasteiger partial charge in [-0.15, -0.1) is 0 Å². The first-order valence-electron chi connectivity index (χ1n) is 11.0. The summed E-state index contributed by atoms with van der Waals surface area (Å²) in [5.74, 6) is 1.75. The molecule has 156 valence electrons. The zero-order valence-electron chi connectivity index (χ0n) is 17.5. The van der Waals surface area contributed by atoms with E-state index in [-0.39, 0.29) is 17.6 Å². The van der Waals surface area contributed by atoms with E-state index in [0.29, 0.717) is 0 Å². The first-order chi connectivity index (χ1) is 13.5. The molecular formula is C23H36FN3O. The third-order valence-electron chi connectivity index (χ3n) is 6.17. The number of nitrogens with zero attached hydrogens (tertiary/aromatic N) is 2. The van der Waals surface area contributed by atoms with Gasteiger partial charge in [0.1, 0.15) is 5.82 Å². The van der Waals surface area contributed by atoms with E-state index in [1.54, 1.807) is 0 Å². The first-order valence-corrected chi connectivity index (χ1v) is 11.0. The Balaban J connectivity index is 1.30. The van der Waals surface area contributed by atoms with E-state index < -0.39 is 0 Å². The summed E-state index contributed by atoms with van der Waals surface area (Å²) in [6, 6.07) is 6.72. The monoisotopic (exact) mass is 389 g/mol. The Bertz CT molecular complexity index is 603. The molecule has 2 heterocycles. The van der Waals surface area contributed by atoms with Crippen molar-refractivity contribution >= 4 is 5.91 Å². The fraction of sp³-hybridized carbons (Fsp3) is 0.696. The van der Waals surface area contributed by atoms with E-state index in [1.807, 2.05) is 12.1 Å². The van der Waals surface area contributed by atoms with Crippen LogP contribution in [-0.2, 0) is 11.3 Å². The van der Waals surface area contributed by atoms with Crippen LogP contribution in [0.25, 0.3) is 0 Å². The molecule has 0 bridgehead atoms. The summed E-state index contributed by atoms with van der Waals surface area (Å²) in [6.07, 6.45) is 4.20. The normalized spacial score (nSPS) is 25.0. The molecule has 2 saturated heterocycles. The third-order valence-corrected chi connectivity index (χ3v) is 6.17. The summed E-state index contributed by atoms with van der Waals surface area (Å²) >= 11 is 0. The van der Waals surface area contributed by atoms with Gasteiger partial charge in [-0.1, -0.05) is 26.0 Å². The Kier molecular flexibility index (Phi) is 7.86. The number of halogens is 1. The number of hydrogen-bond acceptors (Lipinski definition) is 3. The highest BCUT2D eigenvalue weighted by atomic mass is 19.1. The number of benzene rings is 1. The highest BCUT2D eigenvalue weighted by Crippen LogP contribution is 2.21. The van der Waals surface area contributed by atoms with E-state index in [0.717, 1.165) is 69.4 Å². The molecule has 1 aromatic carbocycles. The smallest absolute Gasteiger partial charge is 0.223 e. The molecule has 0 spiro atoms. The van der Waals surface area contributed by atoms with Crippen molar-refractivity contribution in [3.8, 4) is 0 Å². The molecule has 0 radical (unpaired) electrons. The molecule has 1 amide bonds. The number of carbonyl (C=O) groups is 1. The number of amides is 1. The number of likely N-dealkylation sites (tertiary alicyclic amines) is 2. The lowest BCUT2D eigenvalue weighted by Gasteiger charge is -2.35. The predicted octanol–water partition coefficient (Wildman–Crippen LogP) is 3.52. The molecule has 1 aromatic rings. The topological polar surface area (TPSA) is 35.6 Å². The maximum atomic E-state index is 13.0. The van der Waals surface area contributed by atoms with Crippen molar-refractivity contribution in [2.45, 2.75) is 46.1 Å². The molecule has 0 unspecified atom stereocenters. The minimum atomic E-state index is -0.191. The molecule has 28 heavy (non-hydrogen) atoms. The molecule has 2 aliphatic rings. The predicted molar refractivity (Wildman–Crippen MR) is 111 cm³/mol. The van der Waals surface area contributed by atoms with E-state index in [1.165, 1.54) is 31.6 Å². The van der Waals surface area contributed by atoms with Crippen LogP contribution >= 0.6 is 0 Å². The zero-order chi connectivity index (χ0) is 19.9. The molecule has 4 nitrogen and oxygen atoms in total. The number of piperidine rings is 2. The molecule has 2 atom stereocenters. The van der Waals surface area contributed by atoms with Crippen LogP contribution in [0.1, 0.15) is 45.1 Å². The highest BCUT2D eigenvalue weighted by Gasteiger charge is 2.25. The van der Waals surface area contributed by atoms with Crippen LogP contribution in [0, 0.1) is 23.6 Å². The van der Waals surface area contributed by atoms with Crippen molar-refractivity contribution in [1.29, 1.82) is 0 Å². The maximum Gasteiger partial charge on any atom is 0.223 e. The number of hydrogen-bond donors (Lipinski definition) is 1. The molecule has 2 aliphatic heterocycles. The second-order valence-electron chi connectivity index (χ2n) is 9.03. The van der Waals surface area contributed by atoms with E-state index in [4.69, 9.17) is 0 Å². The van der Waals surface area contributed by atoms with Gasteiger partial charge in [0.15, 0.2) is 0 Å². The van der Waals surface area contributed by atoms with Gasteiger partial charge < -0.3 is 10.2 Å². The summed E-state index contributed by atoms with van der Waals surface area (Å²) < 4.78 is 13.0. The number of nitrogens with one attached hydrogen (secondary N) is 1. The Morgan fingerprint density at radius 1 is 1.07 bits per heavy atom. The van der Waals surface area contributed by atoms with Crippen LogP contribution in [-0.4, -0.2) is 55.0 Å². The maximum absolute atomic E-state index is 13.0. The van der Waals surface area contributed by atoms with Gasteiger partial charge in [-0.25, -0.2) is 4.39 Å². The Morgan fingerprint density at radius 2 is 1.71 bits per heavy atom. The van der Waals surface area contributed by atoms with Crippen molar-refractivity contribution in [2.75, 3.05) is 39.3 Å². The van der Waals surface area contributed by atoms with Gasteiger partial charge in [-0.3, -0.25) is 9.69 Å². The minimum absolute atomic E-state index is 0.138. The summed E-state index contributed by atoms with van der Waals surface area (Å²) in [7, 11) is 0. The zero-order valence-corrected chi connectivity index (χ0v) is 17.5. The summed E-state index contributed by atoms with van der Waals surface area (Å²) in [6.45, 7) is 11.6. The van der Waals surface area contributed by atoms with Gasteiger partial charge >= 0.3 is 0 Å². The molecule has 0 saturated carbocycles. The first kappa shape index (κ1) is 21.3. The Morgan fingerprint density at radius 3 is 2.36 bits per heavy atom. The summed E-state index contributed by atoms with van der Waals surface area (Å²) in [5.41, 5.74) is 1.13. The Hall–Kier alpha value is -1.46. The van der Waals surface area contributed by atoms with Crippen molar-refractivity contribution in [1.82, 2.24) is 15.1 Å². The van der Waals surface area contributed by atoms with Gasteiger partial charge in [0, 0.05) is 32.1 Å². The fourth-order valence-electron chi connectivity index (χ4n) is 4.83. The molecule has 5 heteroatoms. The van der Waals surface area contributed by atoms with Gasteiger partial charge in [0.05, 0.1) is 0 Å². The van der Waals surface area contributed by atoms with Gasteiger partial charge in [-0.05, 0) is 74.8 Å². The molecule has 2 fully saturated rings. The molecule has 1 N–H and O–H groups in total. The quantitative estimate of drug-likeness (QED) is 0.725. The lowest BCUT2D eigenvalue weighted by atomic mass is 9.92. The average Bonchev–Trinajstić information content (AvgIpc) is 2.67. The van der Waals surface area contributed by atoms with Crippen molar-refractivity contribution < 1.29 is 9.18 Å². The van der Waals surface area contributed by atoms with Gasteiger partial charge in [0.25, 0.3) is 0 Å². The number of carbonyl (C=O) groups excluding carboxylic acids is 1. The van der Waals surface area contributed by atoms with Crippen LogP contribution in [0.3, 0.4) is 0 Å². The van der Waals surface area contributed by atoms with Crippen LogP contribution < -0.4 is 5.32 Å². The SMILES string of the molecule is C[C@@H]1C[C@H](C)CN(CCCNC(=O)C2CCN(Cc3ccc(F)cc3)CC2)C1. The molecule has 0 aromatic heterocycles. The highest BCUT2D eigenvalue weighted by molar-refractivity contribution is 5.78. The van der Waals surface area contributed by atoms with Crippen LogP contribution in [0.5, 0.6) is 0 Å². The third kappa shape index (κ3) is 6.56. The second-order valence-corrected chi connectivity index (χ2v) is 9.03. The standard InChI is InChI=1S/C23H36FN3O/c1-18-14-19(2)16-27(15-18)11-3-10-25-23(28)21-8-12-26(13-9-21)17-20-4-6-22(24)7-5-20/h4-7,18-19,21H,3,8-17H2,1-2H3,(H,25,28)/t18-,19+. The van der Waals surface area contributed by atoms with E-state index >= 15 is 0 Å². The second kappa shape index (κ2) is 10.4. The number of rotatable bonds is 7. The van der Waals surface area contributed by atoms with Crippen LogP contribution in [0.2, 0.25) is 0 Å². The summed E-state index contributed by atoms with van der Waals surface area (Å²) in [5, 5.41) is 3.16. The molecular weight excluding hydrogens is 353 g/mol. The lowest BCUT2D eigenvalue weighted by Crippen LogP contribution is -2.42. The Labute approximate surface area is 169 Å². The van der Waals surface area contributed by atoms with E-state index in [9.17, 15) is 9.18 Å².